The predicted molar refractivity (Wildman–Crippen MR) is 69.6 cm³/mol. The van der Waals surface area contributed by atoms with E-state index in [0.29, 0.717) is 13.0 Å². The molecule has 1 atom stereocenters. The van der Waals surface area contributed by atoms with Gasteiger partial charge in [-0.3, -0.25) is 14.9 Å². The van der Waals surface area contributed by atoms with Gasteiger partial charge < -0.3 is 15.7 Å². The molecule has 0 radical (unpaired) electrons. The van der Waals surface area contributed by atoms with Crippen LogP contribution >= 0.6 is 0 Å². The third kappa shape index (κ3) is 2.53. The van der Waals surface area contributed by atoms with Crippen LogP contribution in [0.1, 0.15) is 16.8 Å². The number of benzene rings is 1. The van der Waals surface area contributed by atoms with Crippen LogP contribution in [0, 0.1) is 16.0 Å². The Balaban J connectivity index is 2.38. The lowest BCUT2D eigenvalue weighted by atomic mass is 10.1. The number of hydrogen-bond donors (Lipinski definition) is 2. The van der Waals surface area contributed by atoms with Crippen molar-refractivity contribution in [2.45, 2.75) is 6.42 Å². The van der Waals surface area contributed by atoms with Crippen LogP contribution in [0.2, 0.25) is 0 Å². The number of anilines is 1. The second kappa shape index (κ2) is 5.16. The van der Waals surface area contributed by atoms with E-state index in [1.165, 1.54) is 12.1 Å². The minimum atomic E-state index is -1.16. The van der Waals surface area contributed by atoms with E-state index in [4.69, 9.17) is 10.8 Å². The van der Waals surface area contributed by atoms with Gasteiger partial charge in [0.15, 0.2) is 0 Å². The minimum absolute atomic E-state index is 0.0341. The van der Waals surface area contributed by atoms with Gasteiger partial charge in [0.2, 0.25) is 5.91 Å². The molecule has 1 heterocycles. The van der Waals surface area contributed by atoms with Crippen molar-refractivity contribution in [2.75, 3.05) is 18.0 Å². The highest BCUT2D eigenvalue weighted by atomic mass is 16.6. The highest BCUT2D eigenvalue weighted by Crippen LogP contribution is 2.33. The van der Waals surface area contributed by atoms with Crippen molar-refractivity contribution in [3.05, 3.63) is 33.9 Å². The summed E-state index contributed by atoms with van der Waals surface area (Å²) in [6, 6.07) is 3.60. The van der Waals surface area contributed by atoms with Crippen molar-refractivity contribution in [2.24, 2.45) is 11.7 Å². The number of nitrogens with zero attached hydrogens (tertiary/aromatic N) is 2. The molecule has 0 bridgehead atoms. The van der Waals surface area contributed by atoms with Crippen molar-refractivity contribution in [3.8, 4) is 0 Å². The first-order chi connectivity index (χ1) is 9.40. The number of carbonyl (C=O) groups is 2. The molecule has 0 spiro atoms. The van der Waals surface area contributed by atoms with Gasteiger partial charge in [0, 0.05) is 19.2 Å². The van der Waals surface area contributed by atoms with Crippen LogP contribution < -0.4 is 10.6 Å². The number of amides is 1. The molecule has 0 aromatic heterocycles. The standard InChI is InChI=1S/C12H13N3O5/c13-11(16)8-3-4-14(6-8)10-5-7(12(17)18)1-2-9(10)15(19)20/h1-2,5,8H,3-4,6H2,(H2,13,16)(H,17,18). The molecule has 1 fully saturated rings. The molecule has 106 valence electrons. The zero-order valence-electron chi connectivity index (χ0n) is 10.5. The summed E-state index contributed by atoms with van der Waals surface area (Å²) in [5.74, 6) is -1.99. The zero-order chi connectivity index (χ0) is 14.9. The second-order valence-corrected chi connectivity index (χ2v) is 4.60. The first-order valence-electron chi connectivity index (χ1n) is 5.96. The minimum Gasteiger partial charge on any atom is -0.478 e. The second-order valence-electron chi connectivity index (χ2n) is 4.60. The SMILES string of the molecule is NC(=O)C1CCN(c2cc(C(=O)O)ccc2[N+](=O)[O-])C1. The number of carboxylic acids is 1. The summed E-state index contributed by atoms with van der Waals surface area (Å²) in [7, 11) is 0. The van der Waals surface area contributed by atoms with Gasteiger partial charge in [0.1, 0.15) is 5.69 Å². The Morgan fingerprint density at radius 3 is 2.65 bits per heavy atom. The summed E-state index contributed by atoms with van der Waals surface area (Å²) >= 11 is 0. The van der Waals surface area contributed by atoms with Gasteiger partial charge in [0.05, 0.1) is 16.4 Å². The number of hydrogen-bond acceptors (Lipinski definition) is 5. The van der Waals surface area contributed by atoms with Gasteiger partial charge in [0.25, 0.3) is 5.69 Å². The molecule has 3 N–H and O–H groups in total. The summed E-state index contributed by atoms with van der Waals surface area (Å²) in [6.07, 6.45) is 0.504. The molecule has 1 amide bonds. The third-order valence-corrected chi connectivity index (χ3v) is 3.35. The van der Waals surface area contributed by atoms with E-state index < -0.39 is 16.8 Å². The molecule has 8 heteroatoms. The first kappa shape index (κ1) is 13.8. The average molecular weight is 279 g/mol. The molecular formula is C12H13N3O5. The maximum Gasteiger partial charge on any atom is 0.335 e. The maximum absolute atomic E-state index is 11.1. The van der Waals surface area contributed by atoms with Gasteiger partial charge in [-0.1, -0.05) is 0 Å². The molecule has 1 unspecified atom stereocenters. The van der Waals surface area contributed by atoms with E-state index in [2.05, 4.69) is 0 Å². The largest absolute Gasteiger partial charge is 0.478 e. The van der Waals surface area contributed by atoms with Crippen molar-refractivity contribution < 1.29 is 19.6 Å². The fraction of sp³-hybridized carbons (Fsp3) is 0.333. The predicted octanol–water partition coefficient (Wildman–Crippen LogP) is 0.605. The molecule has 20 heavy (non-hydrogen) atoms. The Kier molecular flexibility index (Phi) is 3.55. The van der Waals surface area contributed by atoms with Crippen molar-refractivity contribution in [1.82, 2.24) is 0 Å². The highest BCUT2D eigenvalue weighted by molar-refractivity contribution is 5.90. The molecule has 8 nitrogen and oxygen atoms in total. The summed E-state index contributed by atoms with van der Waals surface area (Å²) in [6.45, 7) is 0.691. The van der Waals surface area contributed by atoms with Crippen molar-refractivity contribution in [1.29, 1.82) is 0 Å². The number of nitrogens with two attached hydrogens (primary N) is 1. The van der Waals surface area contributed by atoms with Crippen LogP contribution in [0.5, 0.6) is 0 Å². The van der Waals surface area contributed by atoms with Crippen LogP contribution in [0.4, 0.5) is 11.4 Å². The molecule has 0 aliphatic carbocycles. The van der Waals surface area contributed by atoms with Crippen molar-refractivity contribution in [3.63, 3.8) is 0 Å². The lowest BCUT2D eigenvalue weighted by Crippen LogP contribution is -2.27. The van der Waals surface area contributed by atoms with Crippen molar-refractivity contribution >= 4 is 23.3 Å². The molecule has 2 rings (SSSR count). The van der Waals surface area contributed by atoms with E-state index >= 15 is 0 Å². The van der Waals surface area contributed by atoms with Gasteiger partial charge in [-0.25, -0.2) is 4.79 Å². The van der Waals surface area contributed by atoms with Crippen LogP contribution in [0.25, 0.3) is 0 Å². The lowest BCUT2D eigenvalue weighted by Gasteiger charge is -2.18. The fourth-order valence-corrected chi connectivity index (χ4v) is 2.28. The first-order valence-corrected chi connectivity index (χ1v) is 5.96. The summed E-state index contributed by atoms with van der Waals surface area (Å²) in [5.41, 5.74) is 5.21. The summed E-state index contributed by atoms with van der Waals surface area (Å²) < 4.78 is 0. The number of carboxylic acid groups (broad SMARTS) is 1. The van der Waals surface area contributed by atoms with E-state index in [1.807, 2.05) is 0 Å². The Hall–Kier alpha value is -2.64. The number of carbonyl (C=O) groups excluding carboxylic acids is 1. The molecule has 1 saturated heterocycles. The smallest absolute Gasteiger partial charge is 0.335 e. The maximum atomic E-state index is 11.1. The van der Waals surface area contributed by atoms with Crippen LogP contribution in [-0.2, 0) is 4.79 Å². The quantitative estimate of drug-likeness (QED) is 0.614. The van der Waals surface area contributed by atoms with Crippen LogP contribution in [-0.4, -0.2) is 35.0 Å². The van der Waals surface area contributed by atoms with Crippen LogP contribution in [0.15, 0.2) is 18.2 Å². The summed E-state index contributed by atoms with van der Waals surface area (Å²) in [4.78, 5) is 34.2. The van der Waals surface area contributed by atoms with Gasteiger partial charge in [-0.05, 0) is 18.6 Å². The lowest BCUT2D eigenvalue weighted by molar-refractivity contribution is -0.384. The number of aromatic carboxylic acids is 1. The van der Waals surface area contributed by atoms with E-state index in [1.54, 1.807) is 4.90 Å². The number of primary amides is 1. The Bertz CT molecular complexity index is 586. The van der Waals surface area contributed by atoms with Gasteiger partial charge in [-0.2, -0.15) is 0 Å². The van der Waals surface area contributed by atoms with Crippen LogP contribution in [0.3, 0.4) is 0 Å². The number of rotatable bonds is 4. The summed E-state index contributed by atoms with van der Waals surface area (Å²) in [5, 5.41) is 20.0. The molecule has 1 aromatic carbocycles. The Labute approximate surface area is 113 Å². The fourth-order valence-electron chi connectivity index (χ4n) is 2.28. The third-order valence-electron chi connectivity index (χ3n) is 3.35. The average Bonchev–Trinajstić information content (AvgIpc) is 2.87. The normalized spacial score (nSPS) is 18.0. The number of nitro groups is 1. The number of nitro benzene ring substituents is 1. The van der Waals surface area contributed by atoms with E-state index in [-0.39, 0.29) is 29.4 Å². The Morgan fingerprint density at radius 2 is 2.15 bits per heavy atom. The monoisotopic (exact) mass is 279 g/mol. The Morgan fingerprint density at radius 1 is 1.45 bits per heavy atom. The molecular weight excluding hydrogens is 266 g/mol. The van der Waals surface area contributed by atoms with E-state index in [0.717, 1.165) is 6.07 Å². The molecule has 1 aliphatic rings. The highest BCUT2D eigenvalue weighted by Gasteiger charge is 2.31. The molecule has 1 aliphatic heterocycles. The van der Waals surface area contributed by atoms with Gasteiger partial charge in [-0.15, -0.1) is 0 Å². The molecule has 1 aromatic rings. The van der Waals surface area contributed by atoms with E-state index in [9.17, 15) is 19.7 Å². The zero-order valence-corrected chi connectivity index (χ0v) is 10.5. The van der Waals surface area contributed by atoms with Gasteiger partial charge >= 0.3 is 5.97 Å². The molecule has 0 saturated carbocycles. The topological polar surface area (TPSA) is 127 Å².